The van der Waals surface area contributed by atoms with E-state index < -0.39 is 0 Å². The summed E-state index contributed by atoms with van der Waals surface area (Å²) in [7, 11) is 0. The molecular formula is C14H16N2OS. The van der Waals surface area contributed by atoms with Crippen molar-refractivity contribution < 1.29 is 4.79 Å². The third-order valence-electron chi connectivity index (χ3n) is 3.30. The van der Waals surface area contributed by atoms with E-state index in [0.29, 0.717) is 0 Å². The smallest absolute Gasteiger partial charge is 0.261 e. The van der Waals surface area contributed by atoms with Crippen molar-refractivity contribution in [3.8, 4) is 0 Å². The van der Waals surface area contributed by atoms with Crippen LogP contribution in [0.3, 0.4) is 0 Å². The van der Waals surface area contributed by atoms with Crippen LogP contribution >= 0.6 is 11.3 Å². The Balaban J connectivity index is 1.70. The molecule has 18 heavy (non-hydrogen) atoms. The second-order valence-corrected chi connectivity index (χ2v) is 5.98. The first-order valence-corrected chi connectivity index (χ1v) is 7.11. The number of carbonyl (C=O) groups excluding carboxylic acids is 1. The lowest BCUT2D eigenvalue weighted by molar-refractivity contribution is 0.0957. The number of rotatable bonds is 4. The molecule has 4 heteroatoms. The number of nitrogens with two attached hydrogens (primary N) is 1. The van der Waals surface area contributed by atoms with Crippen molar-refractivity contribution in [2.75, 3.05) is 12.3 Å². The maximum absolute atomic E-state index is 12.0. The normalized spacial score (nSPS) is 14.9. The number of carbonyl (C=O) groups is 1. The number of nitrogens with one attached hydrogen (secondary N) is 1. The van der Waals surface area contributed by atoms with Gasteiger partial charge in [0, 0.05) is 16.9 Å². The molecule has 0 spiro atoms. The Morgan fingerprint density at radius 3 is 3.00 bits per heavy atom. The van der Waals surface area contributed by atoms with E-state index in [9.17, 15) is 4.79 Å². The van der Waals surface area contributed by atoms with Crippen LogP contribution in [0.25, 0.3) is 10.1 Å². The molecule has 2 aromatic rings. The minimum atomic E-state index is 0.0374. The van der Waals surface area contributed by atoms with Crippen molar-refractivity contribution in [3.05, 3.63) is 29.1 Å². The van der Waals surface area contributed by atoms with Crippen LogP contribution in [0.1, 0.15) is 28.9 Å². The summed E-state index contributed by atoms with van der Waals surface area (Å²) in [6.07, 6.45) is 3.78. The highest BCUT2D eigenvalue weighted by Gasteiger charge is 2.20. The lowest BCUT2D eigenvalue weighted by atomic mass is 10.2. The molecule has 0 aliphatic heterocycles. The molecule has 1 fully saturated rings. The van der Waals surface area contributed by atoms with Gasteiger partial charge in [0.25, 0.3) is 5.91 Å². The Kier molecular flexibility index (Phi) is 2.96. The number of hydrogen-bond acceptors (Lipinski definition) is 3. The van der Waals surface area contributed by atoms with E-state index in [4.69, 9.17) is 5.73 Å². The Morgan fingerprint density at radius 1 is 1.39 bits per heavy atom. The monoisotopic (exact) mass is 260 g/mol. The molecule has 1 amide bonds. The summed E-state index contributed by atoms with van der Waals surface area (Å²) in [6.45, 7) is 0.792. The lowest BCUT2D eigenvalue weighted by Crippen LogP contribution is -2.23. The van der Waals surface area contributed by atoms with Crippen LogP contribution in [-0.2, 0) is 0 Å². The second kappa shape index (κ2) is 4.61. The molecule has 1 saturated carbocycles. The summed E-state index contributed by atoms with van der Waals surface area (Å²) in [5.74, 6) is 0.892. The highest BCUT2D eigenvalue weighted by molar-refractivity contribution is 7.20. The molecule has 1 heterocycles. The Morgan fingerprint density at radius 2 is 2.22 bits per heavy atom. The first-order valence-electron chi connectivity index (χ1n) is 6.29. The third kappa shape index (κ3) is 2.48. The predicted molar refractivity (Wildman–Crippen MR) is 75.9 cm³/mol. The van der Waals surface area contributed by atoms with Crippen molar-refractivity contribution in [3.63, 3.8) is 0 Å². The summed E-state index contributed by atoms with van der Waals surface area (Å²) in [4.78, 5) is 12.7. The minimum absolute atomic E-state index is 0.0374. The molecule has 0 radical (unpaired) electrons. The summed E-state index contributed by atoms with van der Waals surface area (Å²) in [6, 6.07) is 7.67. The highest BCUT2D eigenvalue weighted by atomic mass is 32.1. The summed E-state index contributed by atoms with van der Waals surface area (Å²) in [5, 5.41) is 4.03. The molecule has 0 bridgehead atoms. The van der Waals surface area contributed by atoms with Crippen molar-refractivity contribution >= 4 is 33.0 Å². The van der Waals surface area contributed by atoms with Gasteiger partial charge < -0.3 is 11.1 Å². The standard InChI is InChI=1S/C14H16N2OS/c15-11-3-4-12-10(7-11)8-13(18-12)14(17)16-6-5-9-1-2-9/h3-4,7-9H,1-2,5-6,15H2,(H,16,17). The number of benzene rings is 1. The third-order valence-corrected chi connectivity index (χ3v) is 4.41. The zero-order valence-electron chi connectivity index (χ0n) is 10.1. The molecule has 1 aromatic carbocycles. The molecule has 0 unspecified atom stereocenters. The fraction of sp³-hybridized carbons (Fsp3) is 0.357. The summed E-state index contributed by atoms with van der Waals surface area (Å²) in [5.41, 5.74) is 6.47. The number of fused-ring (bicyclic) bond motifs is 1. The van der Waals surface area contributed by atoms with Gasteiger partial charge in [-0.15, -0.1) is 11.3 Å². The number of amides is 1. The molecule has 1 aliphatic carbocycles. The van der Waals surface area contributed by atoms with E-state index in [1.807, 2.05) is 24.3 Å². The fourth-order valence-electron chi connectivity index (χ4n) is 2.06. The zero-order valence-corrected chi connectivity index (χ0v) is 10.9. The average Bonchev–Trinajstić information content (AvgIpc) is 3.06. The summed E-state index contributed by atoms with van der Waals surface area (Å²) >= 11 is 1.52. The van der Waals surface area contributed by atoms with E-state index in [-0.39, 0.29) is 5.91 Å². The number of nitrogen functional groups attached to an aromatic ring is 1. The van der Waals surface area contributed by atoms with Gasteiger partial charge in [-0.2, -0.15) is 0 Å². The van der Waals surface area contributed by atoms with Crippen molar-refractivity contribution in [2.24, 2.45) is 5.92 Å². The van der Waals surface area contributed by atoms with Gasteiger partial charge in [0.2, 0.25) is 0 Å². The van der Waals surface area contributed by atoms with Crippen LogP contribution in [0.15, 0.2) is 24.3 Å². The van der Waals surface area contributed by atoms with Crippen LogP contribution in [0, 0.1) is 5.92 Å². The molecule has 0 atom stereocenters. The van der Waals surface area contributed by atoms with Gasteiger partial charge in [0.1, 0.15) is 0 Å². The molecule has 94 valence electrons. The minimum Gasteiger partial charge on any atom is -0.399 e. The van der Waals surface area contributed by atoms with Crippen molar-refractivity contribution in [1.29, 1.82) is 0 Å². The SMILES string of the molecule is Nc1ccc2sc(C(=O)NCCC3CC3)cc2c1. The second-order valence-electron chi connectivity index (χ2n) is 4.90. The van der Waals surface area contributed by atoms with Crippen LogP contribution in [0.5, 0.6) is 0 Å². The van der Waals surface area contributed by atoms with E-state index >= 15 is 0 Å². The molecule has 0 saturated heterocycles. The topological polar surface area (TPSA) is 55.1 Å². The zero-order chi connectivity index (χ0) is 12.5. The van der Waals surface area contributed by atoms with E-state index in [2.05, 4.69) is 5.32 Å². The van der Waals surface area contributed by atoms with Gasteiger partial charge in [-0.25, -0.2) is 0 Å². The van der Waals surface area contributed by atoms with E-state index in [0.717, 1.165) is 39.5 Å². The van der Waals surface area contributed by atoms with Crippen LogP contribution in [-0.4, -0.2) is 12.5 Å². The van der Waals surface area contributed by atoms with Gasteiger partial charge >= 0.3 is 0 Å². The Labute approximate surface area is 110 Å². The van der Waals surface area contributed by atoms with E-state index in [1.54, 1.807) is 0 Å². The van der Waals surface area contributed by atoms with Gasteiger partial charge in [-0.3, -0.25) is 4.79 Å². The van der Waals surface area contributed by atoms with Gasteiger partial charge in [0.15, 0.2) is 0 Å². The van der Waals surface area contributed by atoms with Crippen LogP contribution in [0.4, 0.5) is 5.69 Å². The molecule has 1 aromatic heterocycles. The van der Waals surface area contributed by atoms with Crippen LogP contribution in [0.2, 0.25) is 0 Å². The maximum atomic E-state index is 12.0. The maximum Gasteiger partial charge on any atom is 0.261 e. The predicted octanol–water partition coefficient (Wildman–Crippen LogP) is 3.01. The first kappa shape index (κ1) is 11.5. The van der Waals surface area contributed by atoms with Crippen molar-refractivity contribution in [2.45, 2.75) is 19.3 Å². The molecular weight excluding hydrogens is 244 g/mol. The molecule has 1 aliphatic rings. The Hall–Kier alpha value is -1.55. The quantitative estimate of drug-likeness (QED) is 0.830. The van der Waals surface area contributed by atoms with Gasteiger partial charge in [-0.05, 0) is 42.0 Å². The van der Waals surface area contributed by atoms with Gasteiger partial charge in [-0.1, -0.05) is 12.8 Å². The van der Waals surface area contributed by atoms with E-state index in [1.165, 1.54) is 24.2 Å². The summed E-state index contributed by atoms with van der Waals surface area (Å²) < 4.78 is 1.11. The number of thiophene rings is 1. The number of hydrogen-bond donors (Lipinski definition) is 2. The lowest BCUT2D eigenvalue weighted by Gasteiger charge is -2.01. The fourth-order valence-corrected chi connectivity index (χ4v) is 3.02. The van der Waals surface area contributed by atoms with Crippen LogP contribution < -0.4 is 11.1 Å². The van der Waals surface area contributed by atoms with Crippen molar-refractivity contribution in [1.82, 2.24) is 5.32 Å². The largest absolute Gasteiger partial charge is 0.399 e. The molecule has 3 rings (SSSR count). The van der Waals surface area contributed by atoms with Gasteiger partial charge in [0.05, 0.1) is 4.88 Å². The Bertz CT molecular complexity index is 586. The average molecular weight is 260 g/mol. The highest BCUT2D eigenvalue weighted by Crippen LogP contribution is 2.32. The number of anilines is 1. The molecule has 3 nitrogen and oxygen atoms in total. The first-order chi connectivity index (χ1) is 8.72. The molecule has 3 N–H and O–H groups in total.